The molecular formula is C17H15N7O5. The summed E-state index contributed by atoms with van der Waals surface area (Å²) >= 11 is 0. The highest BCUT2D eigenvalue weighted by Gasteiger charge is 2.17. The molecule has 0 fully saturated rings. The molecule has 3 aromatic rings. The van der Waals surface area contributed by atoms with Crippen LogP contribution in [0.1, 0.15) is 29.9 Å². The van der Waals surface area contributed by atoms with Crippen LogP contribution in [0.2, 0.25) is 0 Å². The molecule has 0 radical (unpaired) electrons. The number of fused-ring (bicyclic) bond motifs is 1. The Balaban J connectivity index is 1.93. The number of aromatic carboxylic acids is 1. The molecule has 0 aliphatic carbocycles. The molecule has 0 saturated heterocycles. The predicted molar refractivity (Wildman–Crippen MR) is 100 cm³/mol. The van der Waals surface area contributed by atoms with E-state index in [0.29, 0.717) is 0 Å². The highest BCUT2D eigenvalue weighted by Crippen LogP contribution is 2.15. The minimum atomic E-state index is -1.14. The number of amides is 2. The van der Waals surface area contributed by atoms with E-state index in [4.69, 9.17) is 5.11 Å². The maximum absolute atomic E-state index is 12.2. The van der Waals surface area contributed by atoms with Crippen molar-refractivity contribution in [2.24, 2.45) is 0 Å². The number of carboxylic acids is 1. The van der Waals surface area contributed by atoms with E-state index in [9.17, 15) is 19.2 Å². The van der Waals surface area contributed by atoms with Gasteiger partial charge in [-0.05, 0) is 12.1 Å². The van der Waals surface area contributed by atoms with Crippen molar-refractivity contribution < 1.29 is 19.5 Å². The molecule has 3 rings (SSSR count). The summed E-state index contributed by atoms with van der Waals surface area (Å²) in [7, 11) is 0. The third-order valence-electron chi connectivity index (χ3n) is 3.73. The first-order chi connectivity index (χ1) is 13.7. The van der Waals surface area contributed by atoms with Gasteiger partial charge in [0.15, 0.2) is 11.2 Å². The van der Waals surface area contributed by atoms with Crippen molar-refractivity contribution in [1.29, 1.82) is 0 Å². The summed E-state index contributed by atoms with van der Waals surface area (Å²) in [6, 6.07) is 2.72. The normalized spacial score (nSPS) is 10.6. The second-order valence-electron chi connectivity index (χ2n) is 5.94. The Labute approximate surface area is 162 Å². The second kappa shape index (κ2) is 7.80. The van der Waals surface area contributed by atoms with E-state index in [-0.39, 0.29) is 46.6 Å². The summed E-state index contributed by atoms with van der Waals surface area (Å²) < 4.78 is 0. The lowest BCUT2D eigenvalue weighted by Crippen LogP contribution is -2.29. The van der Waals surface area contributed by atoms with Crippen molar-refractivity contribution in [3.05, 3.63) is 46.1 Å². The molecular weight excluding hydrogens is 382 g/mol. The average Bonchev–Trinajstić information content (AvgIpc) is 2.66. The zero-order chi connectivity index (χ0) is 21.1. The summed E-state index contributed by atoms with van der Waals surface area (Å²) in [6.07, 6.45) is 2.48. The van der Waals surface area contributed by atoms with Gasteiger partial charge >= 0.3 is 5.97 Å². The van der Waals surface area contributed by atoms with Gasteiger partial charge < -0.3 is 5.11 Å². The Morgan fingerprint density at radius 3 is 2.48 bits per heavy atom. The predicted octanol–water partition coefficient (Wildman–Crippen LogP) is 0.318. The molecule has 3 N–H and O–H groups in total. The Hall–Kier alpha value is -4.22. The zero-order valence-corrected chi connectivity index (χ0v) is 15.3. The number of carboxylic acid groups (broad SMARTS) is 1. The van der Waals surface area contributed by atoms with Crippen molar-refractivity contribution >= 4 is 40.7 Å². The fourth-order valence-corrected chi connectivity index (χ4v) is 2.44. The molecule has 0 atom stereocenters. The number of carbonyl (C=O) groups is 3. The third kappa shape index (κ3) is 4.37. The van der Waals surface area contributed by atoms with Crippen LogP contribution < -0.4 is 15.8 Å². The molecule has 0 spiro atoms. The van der Waals surface area contributed by atoms with Gasteiger partial charge in [0.1, 0.15) is 5.82 Å². The molecule has 0 aliphatic heterocycles. The number of pyridine rings is 1. The number of nitrogens with one attached hydrogen (secondary N) is 2. The Bertz CT molecular complexity index is 1170. The highest BCUT2D eigenvalue weighted by molar-refractivity contribution is 5.91. The van der Waals surface area contributed by atoms with Gasteiger partial charge in [-0.1, -0.05) is 0 Å². The maximum atomic E-state index is 12.2. The van der Waals surface area contributed by atoms with E-state index in [2.05, 4.69) is 30.2 Å². The molecule has 0 saturated carbocycles. The number of aromatic nitrogens is 5. The van der Waals surface area contributed by atoms with Crippen LogP contribution in [0.4, 0.5) is 11.8 Å². The van der Waals surface area contributed by atoms with Crippen molar-refractivity contribution in [3.63, 3.8) is 0 Å². The zero-order valence-electron chi connectivity index (χ0n) is 15.3. The van der Waals surface area contributed by atoms with E-state index in [1.807, 2.05) is 0 Å². The van der Waals surface area contributed by atoms with Crippen LogP contribution in [-0.4, -0.2) is 47.8 Å². The van der Waals surface area contributed by atoms with Crippen molar-refractivity contribution in [3.8, 4) is 0 Å². The quantitative estimate of drug-likeness (QED) is 0.548. The van der Waals surface area contributed by atoms with Gasteiger partial charge in [-0.2, -0.15) is 4.98 Å². The standard InChI is InChI=1S/C17H15N7O5/c1-8(25)20-17-22-14-13(15(27)23-17)21-11(6-19-14)7-24(9(2)26)12-4-3-10(5-18-12)16(28)29/h3-6H,7H2,1-2H3,(H,28,29)(H2,19,20,22,23,25,27). The third-order valence-corrected chi connectivity index (χ3v) is 3.73. The topological polar surface area (TPSA) is 171 Å². The van der Waals surface area contributed by atoms with Gasteiger partial charge in [-0.25, -0.2) is 19.7 Å². The highest BCUT2D eigenvalue weighted by atomic mass is 16.4. The fourth-order valence-electron chi connectivity index (χ4n) is 2.44. The number of hydrogen-bond acceptors (Lipinski definition) is 8. The summed E-state index contributed by atoms with van der Waals surface area (Å²) in [5, 5.41) is 11.3. The monoisotopic (exact) mass is 397 g/mol. The number of rotatable bonds is 5. The molecule has 0 unspecified atom stereocenters. The van der Waals surface area contributed by atoms with E-state index in [1.54, 1.807) is 0 Å². The lowest BCUT2D eigenvalue weighted by molar-refractivity contribution is -0.117. The van der Waals surface area contributed by atoms with Crippen LogP contribution in [0.15, 0.2) is 29.3 Å². The van der Waals surface area contributed by atoms with Crippen molar-refractivity contribution in [2.45, 2.75) is 20.4 Å². The Morgan fingerprint density at radius 1 is 1.14 bits per heavy atom. The van der Waals surface area contributed by atoms with Gasteiger partial charge in [0.05, 0.1) is 24.0 Å². The molecule has 0 aliphatic rings. The number of nitrogens with zero attached hydrogens (tertiary/aromatic N) is 5. The van der Waals surface area contributed by atoms with E-state index in [0.717, 1.165) is 6.20 Å². The van der Waals surface area contributed by atoms with Crippen LogP contribution in [0.25, 0.3) is 11.2 Å². The molecule has 3 heterocycles. The van der Waals surface area contributed by atoms with Crippen molar-refractivity contribution in [1.82, 2.24) is 24.9 Å². The summed E-state index contributed by atoms with van der Waals surface area (Å²) in [4.78, 5) is 66.2. The SMILES string of the molecule is CC(=O)Nc1nc2ncc(CN(C(C)=O)c3ccc(C(=O)O)cn3)nc2c(=O)[nH]1. The number of carbonyl (C=O) groups excluding carboxylic acids is 2. The van der Waals surface area contributed by atoms with Crippen molar-refractivity contribution in [2.75, 3.05) is 10.2 Å². The summed E-state index contributed by atoms with van der Waals surface area (Å²) in [5.41, 5.74) is -0.369. The van der Waals surface area contributed by atoms with Crippen LogP contribution in [0, 0.1) is 0 Å². The molecule has 148 valence electrons. The lowest BCUT2D eigenvalue weighted by atomic mass is 10.2. The van der Waals surface area contributed by atoms with Gasteiger partial charge in [-0.3, -0.25) is 29.6 Å². The van der Waals surface area contributed by atoms with Gasteiger partial charge in [0.2, 0.25) is 17.8 Å². The molecule has 0 bridgehead atoms. The molecule has 3 aromatic heterocycles. The number of hydrogen-bond donors (Lipinski definition) is 3. The Morgan fingerprint density at radius 2 is 1.90 bits per heavy atom. The first kappa shape index (κ1) is 19.5. The van der Waals surface area contributed by atoms with Crippen LogP contribution in [0.3, 0.4) is 0 Å². The van der Waals surface area contributed by atoms with Gasteiger partial charge in [0.25, 0.3) is 5.56 Å². The van der Waals surface area contributed by atoms with Crippen LogP contribution in [0.5, 0.6) is 0 Å². The van der Waals surface area contributed by atoms with Crippen LogP contribution >= 0.6 is 0 Å². The maximum Gasteiger partial charge on any atom is 0.337 e. The van der Waals surface area contributed by atoms with E-state index in [1.165, 1.54) is 37.1 Å². The molecule has 12 nitrogen and oxygen atoms in total. The number of anilines is 2. The summed E-state index contributed by atoms with van der Waals surface area (Å²) in [6.45, 7) is 2.53. The van der Waals surface area contributed by atoms with E-state index < -0.39 is 17.4 Å². The van der Waals surface area contributed by atoms with E-state index >= 15 is 0 Å². The summed E-state index contributed by atoms with van der Waals surface area (Å²) in [5.74, 6) is -1.74. The number of H-pyrrole nitrogens is 1. The lowest BCUT2D eigenvalue weighted by Gasteiger charge is -2.19. The average molecular weight is 397 g/mol. The smallest absolute Gasteiger partial charge is 0.337 e. The molecule has 0 aromatic carbocycles. The first-order valence-electron chi connectivity index (χ1n) is 8.25. The largest absolute Gasteiger partial charge is 0.478 e. The van der Waals surface area contributed by atoms with Gasteiger partial charge in [0, 0.05) is 20.0 Å². The Kier molecular flexibility index (Phi) is 5.25. The van der Waals surface area contributed by atoms with Crippen LogP contribution in [-0.2, 0) is 16.1 Å². The second-order valence-corrected chi connectivity index (χ2v) is 5.94. The first-order valence-corrected chi connectivity index (χ1v) is 8.25. The molecule has 12 heteroatoms. The fraction of sp³-hybridized carbons (Fsp3) is 0.176. The number of aromatic amines is 1. The van der Waals surface area contributed by atoms with Gasteiger partial charge in [-0.15, -0.1) is 0 Å². The minimum absolute atomic E-state index is 0.0182. The molecule has 2 amide bonds. The molecule has 29 heavy (non-hydrogen) atoms. The minimum Gasteiger partial charge on any atom is -0.478 e.